The molecular weight excluding hydrogens is 297 g/mol. The molecule has 1 amide bonds. The topological polar surface area (TPSA) is 29.1 Å². The maximum Gasteiger partial charge on any atom is 0.255 e. The number of hydrogen-bond donors (Lipinski definition) is 1. The number of halogens is 2. The Bertz CT molecular complexity index is 571. The SMILES string of the molecule is O=C(Nc1ccccc1CBr)c1cccc(F)c1. The highest BCUT2D eigenvalue weighted by atomic mass is 79.9. The van der Waals surface area contributed by atoms with Crippen LogP contribution < -0.4 is 5.32 Å². The van der Waals surface area contributed by atoms with Crippen LogP contribution in [0.15, 0.2) is 48.5 Å². The Morgan fingerprint density at radius 3 is 2.67 bits per heavy atom. The molecule has 0 aliphatic carbocycles. The van der Waals surface area contributed by atoms with E-state index in [1.165, 1.54) is 18.2 Å². The molecule has 4 heteroatoms. The molecule has 92 valence electrons. The molecule has 0 aromatic heterocycles. The Balaban J connectivity index is 2.21. The number of carbonyl (C=O) groups is 1. The van der Waals surface area contributed by atoms with E-state index >= 15 is 0 Å². The van der Waals surface area contributed by atoms with Crippen molar-refractivity contribution in [2.45, 2.75) is 5.33 Å². The van der Waals surface area contributed by atoms with Crippen LogP contribution in [0.1, 0.15) is 15.9 Å². The maximum absolute atomic E-state index is 13.0. The van der Waals surface area contributed by atoms with E-state index in [2.05, 4.69) is 21.2 Å². The van der Waals surface area contributed by atoms with E-state index in [0.717, 1.165) is 11.3 Å². The minimum absolute atomic E-state index is 0.305. The van der Waals surface area contributed by atoms with Crippen LogP contribution in [0.4, 0.5) is 10.1 Å². The molecule has 0 heterocycles. The summed E-state index contributed by atoms with van der Waals surface area (Å²) in [5.41, 5.74) is 2.00. The second-order valence-electron chi connectivity index (χ2n) is 3.76. The number of hydrogen-bond acceptors (Lipinski definition) is 1. The average molecular weight is 308 g/mol. The quantitative estimate of drug-likeness (QED) is 0.854. The lowest BCUT2D eigenvalue weighted by Crippen LogP contribution is -2.13. The fourth-order valence-corrected chi connectivity index (χ4v) is 2.07. The predicted molar refractivity (Wildman–Crippen MR) is 73.4 cm³/mol. The predicted octanol–water partition coefficient (Wildman–Crippen LogP) is 3.97. The van der Waals surface area contributed by atoms with Crippen LogP contribution in [0.2, 0.25) is 0 Å². The highest BCUT2D eigenvalue weighted by Crippen LogP contribution is 2.18. The first-order valence-electron chi connectivity index (χ1n) is 5.41. The van der Waals surface area contributed by atoms with Gasteiger partial charge in [-0.05, 0) is 29.8 Å². The van der Waals surface area contributed by atoms with Gasteiger partial charge in [-0.1, -0.05) is 40.2 Å². The molecule has 0 fully saturated rings. The molecule has 0 saturated carbocycles. The first kappa shape index (κ1) is 12.8. The lowest BCUT2D eigenvalue weighted by Gasteiger charge is -2.09. The van der Waals surface area contributed by atoms with E-state index in [1.54, 1.807) is 6.07 Å². The fourth-order valence-electron chi connectivity index (χ4n) is 1.58. The number of rotatable bonds is 3. The van der Waals surface area contributed by atoms with Gasteiger partial charge in [-0.2, -0.15) is 0 Å². The third kappa shape index (κ3) is 2.96. The van der Waals surface area contributed by atoms with Crippen molar-refractivity contribution < 1.29 is 9.18 Å². The number of anilines is 1. The Morgan fingerprint density at radius 2 is 1.94 bits per heavy atom. The molecule has 0 aliphatic rings. The van der Waals surface area contributed by atoms with Crippen molar-refractivity contribution in [1.29, 1.82) is 0 Å². The van der Waals surface area contributed by atoms with Gasteiger partial charge in [-0.15, -0.1) is 0 Å². The van der Waals surface area contributed by atoms with Crippen molar-refractivity contribution in [3.05, 3.63) is 65.5 Å². The van der Waals surface area contributed by atoms with Gasteiger partial charge in [0.1, 0.15) is 5.82 Å². The smallest absolute Gasteiger partial charge is 0.255 e. The van der Waals surface area contributed by atoms with Crippen LogP contribution in [0.25, 0.3) is 0 Å². The molecule has 0 unspecified atom stereocenters. The summed E-state index contributed by atoms with van der Waals surface area (Å²) in [5.74, 6) is -0.737. The van der Waals surface area contributed by atoms with Gasteiger partial charge in [0, 0.05) is 16.6 Å². The minimum Gasteiger partial charge on any atom is -0.322 e. The Morgan fingerprint density at radius 1 is 1.17 bits per heavy atom. The summed E-state index contributed by atoms with van der Waals surface area (Å²) in [4.78, 5) is 11.9. The summed E-state index contributed by atoms with van der Waals surface area (Å²) in [6, 6.07) is 13.1. The van der Waals surface area contributed by atoms with Crippen molar-refractivity contribution >= 4 is 27.5 Å². The maximum atomic E-state index is 13.0. The molecule has 0 aliphatic heterocycles. The van der Waals surface area contributed by atoms with Crippen LogP contribution in [0, 0.1) is 5.82 Å². The van der Waals surface area contributed by atoms with Crippen molar-refractivity contribution in [3.63, 3.8) is 0 Å². The van der Waals surface area contributed by atoms with Crippen LogP contribution in [-0.2, 0) is 5.33 Å². The van der Waals surface area contributed by atoms with Gasteiger partial charge in [0.15, 0.2) is 0 Å². The second-order valence-corrected chi connectivity index (χ2v) is 4.32. The molecule has 2 aromatic carbocycles. The van der Waals surface area contributed by atoms with E-state index in [9.17, 15) is 9.18 Å². The largest absolute Gasteiger partial charge is 0.322 e. The van der Waals surface area contributed by atoms with Crippen LogP contribution in [0.5, 0.6) is 0 Å². The molecule has 1 N–H and O–H groups in total. The fraction of sp³-hybridized carbons (Fsp3) is 0.0714. The normalized spacial score (nSPS) is 10.1. The summed E-state index contributed by atoms with van der Waals surface area (Å²) in [7, 11) is 0. The zero-order valence-electron chi connectivity index (χ0n) is 9.49. The molecule has 2 nitrogen and oxygen atoms in total. The van der Waals surface area contributed by atoms with E-state index in [-0.39, 0.29) is 5.91 Å². The molecular formula is C14H11BrFNO. The van der Waals surface area contributed by atoms with Crippen LogP contribution >= 0.6 is 15.9 Å². The highest BCUT2D eigenvalue weighted by Gasteiger charge is 2.08. The Hall–Kier alpha value is -1.68. The second kappa shape index (κ2) is 5.78. The number of benzene rings is 2. The summed E-state index contributed by atoms with van der Waals surface area (Å²) >= 11 is 3.35. The summed E-state index contributed by atoms with van der Waals surface area (Å²) in [5, 5.41) is 3.41. The van der Waals surface area contributed by atoms with Crippen molar-refractivity contribution in [1.82, 2.24) is 0 Å². The number of para-hydroxylation sites is 1. The van der Waals surface area contributed by atoms with Crippen molar-refractivity contribution in [3.8, 4) is 0 Å². The van der Waals surface area contributed by atoms with Gasteiger partial charge in [0.05, 0.1) is 0 Å². The molecule has 18 heavy (non-hydrogen) atoms. The van der Waals surface area contributed by atoms with Gasteiger partial charge >= 0.3 is 0 Å². The van der Waals surface area contributed by atoms with E-state index in [1.807, 2.05) is 24.3 Å². The Kier molecular flexibility index (Phi) is 4.10. The third-order valence-electron chi connectivity index (χ3n) is 2.50. The molecule has 0 bridgehead atoms. The zero-order valence-corrected chi connectivity index (χ0v) is 11.1. The van der Waals surface area contributed by atoms with Gasteiger partial charge in [-0.25, -0.2) is 4.39 Å². The minimum atomic E-state index is -0.420. The number of alkyl halides is 1. The highest BCUT2D eigenvalue weighted by molar-refractivity contribution is 9.08. The van der Waals surface area contributed by atoms with Gasteiger partial charge in [-0.3, -0.25) is 4.79 Å². The van der Waals surface area contributed by atoms with Gasteiger partial charge in [0.25, 0.3) is 5.91 Å². The lowest BCUT2D eigenvalue weighted by atomic mass is 10.1. The summed E-state index contributed by atoms with van der Waals surface area (Å²) in [6.45, 7) is 0. The summed E-state index contributed by atoms with van der Waals surface area (Å²) in [6.07, 6.45) is 0. The van der Waals surface area contributed by atoms with E-state index in [0.29, 0.717) is 10.9 Å². The van der Waals surface area contributed by atoms with Crippen molar-refractivity contribution in [2.75, 3.05) is 5.32 Å². The molecule has 0 spiro atoms. The first-order valence-corrected chi connectivity index (χ1v) is 6.53. The van der Waals surface area contributed by atoms with Crippen LogP contribution in [-0.4, -0.2) is 5.91 Å². The molecule has 2 aromatic rings. The standard InChI is InChI=1S/C14H11BrFNO/c15-9-11-4-1-2-7-13(11)17-14(18)10-5-3-6-12(16)8-10/h1-8H,9H2,(H,17,18). The number of nitrogens with one attached hydrogen (secondary N) is 1. The van der Waals surface area contributed by atoms with Crippen LogP contribution in [0.3, 0.4) is 0 Å². The lowest BCUT2D eigenvalue weighted by molar-refractivity contribution is 0.102. The third-order valence-corrected chi connectivity index (χ3v) is 3.10. The van der Waals surface area contributed by atoms with Gasteiger partial charge < -0.3 is 5.32 Å². The molecule has 0 atom stereocenters. The van der Waals surface area contributed by atoms with Gasteiger partial charge in [0.2, 0.25) is 0 Å². The first-order chi connectivity index (χ1) is 8.70. The molecule has 0 radical (unpaired) electrons. The van der Waals surface area contributed by atoms with E-state index < -0.39 is 5.82 Å². The Labute approximate surface area is 113 Å². The monoisotopic (exact) mass is 307 g/mol. The molecule has 0 saturated heterocycles. The molecule has 2 rings (SSSR count). The summed E-state index contributed by atoms with van der Waals surface area (Å²) < 4.78 is 13.0. The number of carbonyl (C=O) groups excluding carboxylic acids is 1. The van der Waals surface area contributed by atoms with Crippen molar-refractivity contribution in [2.24, 2.45) is 0 Å². The number of amides is 1. The average Bonchev–Trinajstić information content (AvgIpc) is 2.39. The van der Waals surface area contributed by atoms with E-state index in [4.69, 9.17) is 0 Å². The zero-order chi connectivity index (χ0) is 13.0.